The van der Waals surface area contributed by atoms with Crippen LogP contribution in [-0.4, -0.2) is 17.1 Å². The summed E-state index contributed by atoms with van der Waals surface area (Å²) < 4.78 is 5.15. The van der Waals surface area contributed by atoms with Crippen molar-refractivity contribution in [2.45, 2.75) is 0 Å². The minimum atomic E-state index is -0.238. The number of ether oxygens (including phenoxy) is 1. The summed E-state index contributed by atoms with van der Waals surface area (Å²) in [7, 11) is 1.60. The molecular formula is C15H14N4O2. The van der Waals surface area contributed by atoms with Crippen molar-refractivity contribution >= 4 is 28.2 Å². The maximum absolute atomic E-state index is 12.0. The zero-order valence-corrected chi connectivity index (χ0v) is 11.4. The number of nitrogens with one attached hydrogen (secondary N) is 2. The number of fused-ring (bicyclic) bond motifs is 1. The van der Waals surface area contributed by atoms with Gasteiger partial charge in [0.15, 0.2) is 0 Å². The van der Waals surface area contributed by atoms with Crippen molar-refractivity contribution in [3.8, 4) is 5.75 Å². The van der Waals surface area contributed by atoms with Gasteiger partial charge in [-0.15, -0.1) is 0 Å². The van der Waals surface area contributed by atoms with Crippen LogP contribution in [0.1, 0.15) is 0 Å². The van der Waals surface area contributed by atoms with E-state index < -0.39 is 0 Å². The third kappa shape index (κ3) is 2.64. The molecule has 0 unspecified atom stereocenters. The molecule has 0 amide bonds. The topological polar surface area (TPSA) is 93.0 Å². The van der Waals surface area contributed by atoms with Gasteiger partial charge < -0.3 is 15.8 Å². The molecule has 0 bridgehead atoms. The van der Waals surface area contributed by atoms with Crippen molar-refractivity contribution in [3.63, 3.8) is 0 Å². The highest BCUT2D eigenvalue weighted by molar-refractivity contribution is 5.82. The maximum Gasteiger partial charge on any atom is 0.260 e. The maximum atomic E-state index is 12.0. The van der Waals surface area contributed by atoms with Crippen molar-refractivity contribution in [2.24, 2.45) is 0 Å². The molecule has 3 aromatic rings. The molecule has 6 nitrogen and oxygen atoms in total. The van der Waals surface area contributed by atoms with Crippen LogP contribution in [0, 0.1) is 0 Å². The number of nitrogens with two attached hydrogens (primary N) is 1. The number of anilines is 3. The van der Waals surface area contributed by atoms with Gasteiger partial charge in [0.25, 0.3) is 5.56 Å². The first-order valence-electron chi connectivity index (χ1n) is 6.36. The Bertz CT molecular complexity index is 858. The van der Waals surface area contributed by atoms with Gasteiger partial charge in [-0.2, -0.15) is 0 Å². The van der Waals surface area contributed by atoms with Crippen molar-refractivity contribution in [3.05, 3.63) is 52.8 Å². The minimum absolute atomic E-state index is 0.238. The third-order valence-electron chi connectivity index (χ3n) is 3.06. The van der Waals surface area contributed by atoms with Crippen molar-refractivity contribution in [2.75, 3.05) is 18.2 Å². The number of nitrogen functional groups attached to an aromatic ring is 1. The van der Waals surface area contributed by atoms with Crippen LogP contribution in [-0.2, 0) is 0 Å². The first-order valence-corrected chi connectivity index (χ1v) is 6.36. The number of aromatic nitrogens is 2. The molecule has 21 heavy (non-hydrogen) atoms. The number of rotatable bonds is 3. The molecule has 1 heterocycles. The lowest BCUT2D eigenvalue weighted by Gasteiger charge is -2.08. The zero-order valence-electron chi connectivity index (χ0n) is 11.4. The van der Waals surface area contributed by atoms with Gasteiger partial charge in [-0.3, -0.25) is 9.78 Å². The Kier molecular flexibility index (Phi) is 3.19. The van der Waals surface area contributed by atoms with Gasteiger partial charge in [-0.25, -0.2) is 4.98 Å². The van der Waals surface area contributed by atoms with Crippen LogP contribution in [0.2, 0.25) is 0 Å². The molecular weight excluding hydrogens is 268 g/mol. The molecule has 0 fully saturated rings. The van der Waals surface area contributed by atoms with Crippen LogP contribution >= 0.6 is 0 Å². The molecule has 0 aliphatic heterocycles. The smallest absolute Gasteiger partial charge is 0.260 e. The van der Waals surface area contributed by atoms with E-state index in [0.29, 0.717) is 22.5 Å². The average molecular weight is 282 g/mol. The SMILES string of the molecule is COc1cccc(Nc2nc3ccc(N)cc3c(=O)[nH]2)c1. The van der Waals surface area contributed by atoms with Crippen molar-refractivity contribution < 1.29 is 4.74 Å². The first-order chi connectivity index (χ1) is 10.2. The van der Waals surface area contributed by atoms with Gasteiger partial charge in [0, 0.05) is 17.4 Å². The predicted octanol–water partition coefficient (Wildman–Crippen LogP) is 2.26. The molecule has 0 atom stereocenters. The Morgan fingerprint density at radius 2 is 2.10 bits per heavy atom. The Morgan fingerprint density at radius 3 is 2.90 bits per heavy atom. The summed E-state index contributed by atoms with van der Waals surface area (Å²) in [6, 6.07) is 12.4. The summed E-state index contributed by atoms with van der Waals surface area (Å²) in [5, 5.41) is 3.51. The standard InChI is InChI=1S/C15H14N4O2/c1-21-11-4-2-3-10(8-11)17-15-18-13-6-5-9(16)7-12(13)14(20)19-15/h2-8H,16H2,1H3,(H2,17,18,19,20). The quantitative estimate of drug-likeness (QED) is 0.641. The lowest BCUT2D eigenvalue weighted by molar-refractivity contribution is 0.415. The van der Waals surface area contributed by atoms with Crippen LogP contribution in [0.15, 0.2) is 47.3 Å². The molecule has 0 aliphatic carbocycles. The van der Waals surface area contributed by atoms with E-state index in [1.165, 1.54) is 0 Å². The van der Waals surface area contributed by atoms with Gasteiger partial charge in [0.1, 0.15) is 5.75 Å². The summed E-state index contributed by atoms with van der Waals surface area (Å²) in [5.41, 5.74) is 7.32. The van der Waals surface area contributed by atoms with E-state index in [0.717, 1.165) is 11.4 Å². The lowest BCUT2D eigenvalue weighted by Crippen LogP contribution is -2.11. The summed E-state index contributed by atoms with van der Waals surface area (Å²) in [6.45, 7) is 0. The summed E-state index contributed by atoms with van der Waals surface area (Å²) >= 11 is 0. The number of hydrogen-bond acceptors (Lipinski definition) is 5. The van der Waals surface area contributed by atoms with E-state index in [1.807, 2.05) is 24.3 Å². The predicted molar refractivity (Wildman–Crippen MR) is 83.1 cm³/mol. The fourth-order valence-corrected chi connectivity index (χ4v) is 2.05. The van der Waals surface area contributed by atoms with Gasteiger partial charge in [-0.1, -0.05) is 6.07 Å². The average Bonchev–Trinajstić information content (AvgIpc) is 2.48. The molecule has 0 saturated carbocycles. The number of methoxy groups -OCH3 is 1. The molecule has 6 heteroatoms. The van der Waals surface area contributed by atoms with E-state index in [2.05, 4.69) is 15.3 Å². The highest BCUT2D eigenvalue weighted by Crippen LogP contribution is 2.20. The van der Waals surface area contributed by atoms with Gasteiger partial charge in [-0.05, 0) is 30.3 Å². The van der Waals surface area contributed by atoms with E-state index in [9.17, 15) is 4.79 Å². The molecule has 0 spiro atoms. The van der Waals surface area contributed by atoms with E-state index in [4.69, 9.17) is 10.5 Å². The Balaban J connectivity index is 2.01. The van der Waals surface area contributed by atoms with Crippen LogP contribution in [0.25, 0.3) is 10.9 Å². The van der Waals surface area contributed by atoms with Crippen LogP contribution < -0.4 is 21.3 Å². The van der Waals surface area contributed by atoms with Crippen LogP contribution in [0.5, 0.6) is 5.75 Å². The molecule has 2 aromatic carbocycles. The highest BCUT2D eigenvalue weighted by atomic mass is 16.5. The van der Waals surface area contributed by atoms with Gasteiger partial charge in [0.05, 0.1) is 18.0 Å². The second kappa shape index (κ2) is 5.16. The Hall–Kier alpha value is -3.02. The highest BCUT2D eigenvalue weighted by Gasteiger charge is 2.05. The lowest BCUT2D eigenvalue weighted by atomic mass is 10.2. The van der Waals surface area contributed by atoms with E-state index in [1.54, 1.807) is 25.3 Å². The Morgan fingerprint density at radius 1 is 1.24 bits per heavy atom. The number of aromatic amines is 1. The molecule has 106 valence electrons. The van der Waals surface area contributed by atoms with Crippen molar-refractivity contribution in [1.82, 2.24) is 9.97 Å². The van der Waals surface area contributed by atoms with E-state index in [-0.39, 0.29) is 5.56 Å². The molecule has 3 rings (SSSR count). The monoisotopic (exact) mass is 282 g/mol. The number of hydrogen-bond donors (Lipinski definition) is 3. The number of nitrogens with zero attached hydrogens (tertiary/aromatic N) is 1. The van der Waals surface area contributed by atoms with Crippen LogP contribution in [0.4, 0.5) is 17.3 Å². The summed E-state index contributed by atoms with van der Waals surface area (Å²) in [4.78, 5) is 19.1. The molecule has 0 saturated heterocycles. The Labute approximate surface area is 120 Å². The molecule has 0 radical (unpaired) electrons. The number of H-pyrrole nitrogens is 1. The minimum Gasteiger partial charge on any atom is -0.497 e. The first kappa shape index (κ1) is 13.0. The summed E-state index contributed by atoms with van der Waals surface area (Å²) in [5.74, 6) is 1.08. The van der Waals surface area contributed by atoms with Crippen LogP contribution in [0.3, 0.4) is 0 Å². The zero-order chi connectivity index (χ0) is 14.8. The van der Waals surface area contributed by atoms with Crippen molar-refractivity contribution in [1.29, 1.82) is 0 Å². The molecule has 1 aromatic heterocycles. The number of benzene rings is 2. The third-order valence-corrected chi connectivity index (χ3v) is 3.06. The molecule has 4 N–H and O–H groups in total. The second-order valence-corrected chi connectivity index (χ2v) is 4.55. The molecule has 0 aliphatic rings. The van der Waals surface area contributed by atoms with Gasteiger partial charge in [0.2, 0.25) is 5.95 Å². The fourth-order valence-electron chi connectivity index (χ4n) is 2.05. The fraction of sp³-hybridized carbons (Fsp3) is 0.0667. The second-order valence-electron chi connectivity index (χ2n) is 4.55. The summed E-state index contributed by atoms with van der Waals surface area (Å²) in [6.07, 6.45) is 0. The largest absolute Gasteiger partial charge is 0.497 e. The van der Waals surface area contributed by atoms with E-state index >= 15 is 0 Å². The van der Waals surface area contributed by atoms with Gasteiger partial charge >= 0.3 is 0 Å². The normalized spacial score (nSPS) is 10.5.